The van der Waals surface area contributed by atoms with Gasteiger partial charge in [0.25, 0.3) is 0 Å². The van der Waals surface area contributed by atoms with E-state index in [9.17, 15) is 9.59 Å². The normalized spacial score (nSPS) is 13.7. The minimum absolute atomic E-state index is 0.0854. The quantitative estimate of drug-likeness (QED) is 0.567. The number of allylic oxidation sites excluding steroid dienone is 1. The Morgan fingerprint density at radius 2 is 2.00 bits per heavy atom. The fourth-order valence-corrected chi connectivity index (χ4v) is 3.75. The second kappa shape index (κ2) is 9.75. The number of hydrogen-bond donors (Lipinski definition) is 1. The SMILES string of the molecule is COC(=O)Cc1ccc2c(c1)NC(=O)CCCC=C(c1ccc(Cl)cn1)c1ccnc-2c1. The van der Waals surface area contributed by atoms with E-state index in [-0.39, 0.29) is 18.3 Å². The van der Waals surface area contributed by atoms with Crippen molar-refractivity contribution in [1.82, 2.24) is 9.97 Å². The summed E-state index contributed by atoms with van der Waals surface area (Å²) in [5.41, 5.74) is 5.61. The van der Waals surface area contributed by atoms with E-state index >= 15 is 0 Å². The lowest BCUT2D eigenvalue weighted by Crippen LogP contribution is -2.13. The minimum atomic E-state index is -0.338. The van der Waals surface area contributed by atoms with E-state index in [0.29, 0.717) is 29.2 Å². The van der Waals surface area contributed by atoms with Crippen molar-refractivity contribution in [3.05, 3.63) is 82.8 Å². The van der Waals surface area contributed by atoms with Crippen molar-refractivity contribution < 1.29 is 14.3 Å². The summed E-state index contributed by atoms with van der Waals surface area (Å²) in [6.07, 6.45) is 7.39. The molecule has 0 aliphatic carbocycles. The number of carbonyl (C=O) groups is 2. The van der Waals surface area contributed by atoms with Crippen LogP contribution in [-0.2, 0) is 20.7 Å². The number of ether oxygens (including phenoxy) is 1. The molecule has 1 aliphatic rings. The van der Waals surface area contributed by atoms with Gasteiger partial charge in [-0.15, -0.1) is 0 Å². The van der Waals surface area contributed by atoms with Gasteiger partial charge in [-0.3, -0.25) is 19.6 Å². The highest BCUT2D eigenvalue weighted by atomic mass is 35.5. The highest BCUT2D eigenvalue weighted by molar-refractivity contribution is 6.30. The largest absolute Gasteiger partial charge is 0.469 e. The molecular weight excluding hydrogens is 426 g/mol. The number of carbonyl (C=O) groups excluding carboxylic acids is 2. The van der Waals surface area contributed by atoms with Gasteiger partial charge >= 0.3 is 5.97 Å². The van der Waals surface area contributed by atoms with E-state index in [1.807, 2.05) is 42.5 Å². The molecule has 0 radical (unpaired) electrons. The highest BCUT2D eigenvalue weighted by Gasteiger charge is 2.16. The number of amides is 1. The number of nitrogens with zero attached hydrogens (tertiary/aromatic N) is 2. The number of esters is 1. The van der Waals surface area contributed by atoms with Crippen LogP contribution in [-0.4, -0.2) is 29.0 Å². The molecule has 1 aromatic carbocycles. The first-order chi connectivity index (χ1) is 15.5. The van der Waals surface area contributed by atoms with Crippen LogP contribution in [0.4, 0.5) is 5.69 Å². The van der Waals surface area contributed by atoms with Crippen LogP contribution in [0, 0.1) is 0 Å². The summed E-state index contributed by atoms with van der Waals surface area (Å²) >= 11 is 6.02. The summed E-state index contributed by atoms with van der Waals surface area (Å²) in [6, 6.07) is 13.2. The van der Waals surface area contributed by atoms with Crippen LogP contribution >= 0.6 is 11.6 Å². The molecule has 0 unspecified atom stereocenters. The van der Waals surface area contributed by atoms with E-state index in [0.717, 1.165) is 34.4 Å². The van der Waals surface area contributed by atoms with Crippen LogP contribution in [0.25, 0.3) is 16.8 Å². The molecule has 3 heterocycles. The fourth-order valence-electron chi connectivity index (χ4n) is 3.64. The first-order valence-electron chi connectivity index (χ1n) is 10.3. The predicted octanol–water partition coefficient (Wildman–Crippen LogP) is 5.07. The molecule has 1 aliphatic heterocycles. The van der Waals surface area contributed by atoms with Gasteiger partial charge in [0.2, 0.25) is 5.91 Å². The molecule has 0 spiro atoms. The Labute approximate surface area is 191 Å². The molecule has 32 heavy (non-hydrogen) atoms. The number of hydrogen-bond acceptors (Lipinski definition) is 5. The first kappa shape index (κ1) is 21.7. The zero-order valence-electron chi connectivity index (χ0n) is 17.6. The Morgan fingerprint density at radius 3 is 2.78 bits per heavy atom. The molecule has 4 rings (SSSR count). The molecule has 2 aromatic heterocycles. The summed E-state index contributed by atoms with van der Waals surface area (Å²) < 4.78 is 4.77. The van der Waals surface area contributed by atoms with Gasteiger partial charge < -0.3 is 10.1 Å². The molecule has 6 nitrogen and oxygen atoms in total. The number of aromatic nitrogens is 2. The number of benzene rings is 1. The topological polar surface area (TPSA) is 81.2 Å². The average molecular weight is 448 g/mol. The Balaban J connectivity index is 1.81. The van der Waals surface area contributed by atoms with Gasteiger partial charge in [0.15, 0.2) is 0 Å². The first-order valence-corrected chi connectivity index (χ1v) is 10.7. The summed E-state index contributed by atoms with van der Waals surface area (Å²) in [4.78, 5) is 33.3. The summed E-state index contributed by atoms with van der Waals surface area (Å²) in [7, 11) is 1.36. The molecule has 7 heteroatoms. The maximum Gasteiger partial charge on any atom is 0.309 e. The standard InChI is InChI=1S/C25H22ClN3O3/c1-32-25(31)13-16-6-8-20-22-14-17(10-11-27-22)19(21-9-7-18(26)15-28-21)4-2-3-5-24(30)29-23(20)12-16/h4,6-12,14-15H,2-3,5,13H2,1H3,(H,29,30). The van der Waals surface area contributed by atoms with Crippen LogP contribution in [0.5, 0.6) is 0 Å². The van der Waals surface area contributed by atoms with E-state index in [1.165, 1.54) is 7.11 Å². The summed E-state index contributed by atoms with van der Waals surface area (Å²) in [6.45, 7) is 0. The third-order valence-electron chi connectivity index (χ3n) is 5.24. The van der Waals surface area contributed by atoms with E-state index in [1.54, 1.807) is 12.4 Å². The van der Waals surface area contributed by atoms with Crippen molar-refractivity contribution in [1.29, 1.82) is 0 Å². The van der Waals surface area contributed by atoms with Crippen molar-refractivity contribution in [2.75, 3.05) is 12.4 Å². The Kier molecular flexibility index (Phi) is 6.61. The maximum atomic E-state index is 12.6. The van der Waals surface area contributed by atoms with Crippen molar-refractivity contribution in [2.24, 2.45) is 0 Å². The minimum Gasteiger partial charge on any atom is -0.469 e. The second-order valence-corrected chi connectivity index (χ2v) is 7.92. The lowest BCUT2D eigenvalue weighted by Gasteiger charge is -2.15. The van der Waals surface area contributed by atoms with Crippen LogP contribution in [0.2, 0.25) is 5.02 Å². The molecule has 0 saturated carbocycles. The number of nitrogens with one attached hydrogen (secondary N) is 1. The third kappa shape index (κ3) is 5.03. The fraction of sp³-hybridized carbons (Fsp3) is 0.200. The van der Waals surface area contributed by atoms with Gasteiger partial charge in [-0.1, -0.05) is 29.8 Å². The number of pyridine rings is 2. The number of anilines is 1. The van der Waals surface area contributed by atoms with E-state index in [4.69, 9.17) is 16.3 Å². The van der Waals surface area contributed by atoms with E-state index in [2.05, 4.69) is 21.4 Å². The molecule has 0 fully saturated rings. The molecular formula is C25H22ClN3O3. The summed E-state index contributed by atoms with van der Waals surface area (Å²) in [5, 5.41) is 3.56. The molecule has 3 aromatic rings. The van der Waals surface area contributed by atoms with Crippen molar-refractivity contribution in [3.63, 3.8) is 0 Å². The van der Waals surface area contributed by atoms with Gasteiger partial charge in [0.05, 0.1) is 35.6 Å². The van der Waals surface area contributed by atoms with Crippen LogP contribution < -0.4 is 5.32 Å². The lowest BCUT2D eigenvalue weighted by molar-refractivity contribution is -0.139. The maximum absolute atomic E-state index is 12.6. The van der Waals surface area contributed by atoms with Crippen LogP contribution in [0.15, 0.2) is 60.9 Å². The third-order valence-corrected chi connectivity index (χ3v) is 5.46. The van der Waals surface area contributed by atoms with Gasteiger partial charge in [-0.2, -0.15) is 0 Å². The zero-order valence-corrected chi connectivity index (χ0v) is 18.4. The number of halogens is 1. The average Bonchev–Trinajstić information content (AvgIpc) is 2.79. The predicted molar refractivity (Wildman–Crippen MR) is 124 cm³/mol. The van der Waals surface area contributed by atoms with Crippen LogP contribution in [0.1, 0.15) is 36.1 Å². The van der Waals surface area contributed by atoms with Gasteiger partial charge in [-0.25, -0.2) is 0 Å². The summed E-state index contributed by atoms with van der Waals surface area (Å²) in [5.74, 6) is -0.424. The second-order valence-electron chi connectivity index (χ2n) is 7.48. The van der Waals surface area contributed by atoms with Gasteiger partial charge in [0.1, 0.15) is 0 Å². The lowest BCUT2D eigenvalue weighted by atomic mass is 9.97. The number of fused-ring (bicyclic) bond motifs is 4. The van der Waals surface area contributed by atoms with Crippen molar-refractivity contribution in [3.8, 4) is 11.3 Å². The Morgan fingerprint density at radius 1 is 1.12 bits per heavy atom. The molecule has 162 valence electrons. The Bertz CT molecular complexity index is 1190. The highest BCUT2D eigenvalue weighted by Crippen LogP contribution is 2.32. The molecule has 0 atom stereocenters. The van der Waals surface area contributed by atoms with Crippen LogP contribution in [0.3, 0.4) is 0 Å². The molecule has 1 N–H and O–H groups in total. The molecule has 0 saturated heterocycles. The number of methoxy groups -OCH3 is 1. The number of rotatable bonds is 3. The molecule has 2 bridgehead atoms. The monoisotopic (exact) mass is 447 g/mol. The van der Waals surface area contributed by atoms with E-state index < -0.39 is 0 Å². The van der Waals surface area contributed by atoms with Gasteiger partial charge in [0, 0.05) is 30.0 Å². The van der Waals surface area contributed by atoms with Crippen molar-refractivity contribution >= 4 is 34.7 Å². The smallest absolute Gasteiger partial charge is 0.309 e. The Hall–Kier alpha value is -3.51. The van der Waals surface area contributed by atoms with Crippen molar-refractivity contribution in [2.45, 2.75) is 25.7 Å². The zero-order chi connectivity index (χ0) is 22.5. The molecule has 1 amide bonds. The van der Waals surface area contributed by atoms with Gasteiger partial charge in [-0.05, 0) is 54.3 Å².